The number of methoxy groups -OCH3 is 1. The van der Waals surface area contributed by atoms with Gasteiger partial charge in [0, 0.05) is 34.3 Å². The first-order valence-corrected chi connectivity index (χ1v) is 16.8. The van der Waals surface area contributed by atoms with Crippen LogP contribution in [0.3, 0.4) is 0 Å². The second kappa shape index (κ2) is 10.5. The Morgan fingerprint density at radius 1 is 1.06 bits per heavy atom. The van der Waals surface area contributed by atoms with Gasteiger partial charge in [0.2, 0.25) is 11.8 Å². The topological polar surface area (TPSA) is 142 Å². The number of rotatable bonds is 4. The van der Waals surface area contributed by atoms with Gasteiger partial charge < -0.3 is 9.84 Å². The van der Waals surface area contributed by atoms with E-state index in [9.17, 15) is 29.5 Å². The molecule has 48 heavy (non-hydrogen) atoms. The second-order valence-electron chi connectivity index (χ2n) is 13.3. The van der Waals surface area contributed by atoms with Crippen LogP contribution < -0.4 is 9.64 Å². The third kappa shape index (κ3) is 3.93. The van der Waals surface area contributed by atoms with Gasteiger partial charge in [-0.1, -0.05) is 29.3 Å². The molecule has 6 atom stereocenters. The number of anilines is 1. The Morgan fingerprint density at radius 3 is 2.58 bits per heavy atom. The van der Waals surface area contributed by atoms with Crippen LogP contribution in [0.5, 0.6) is 11.5 Å². The van der Waals surface area contributed by atoms with Gasteiger partial charge in [0.05, 0.1) is 35.2 Å². The third-order valence-corrected chi connectivity index (χ3v) is 12.5. The number of phenols is 1. The molecule has 4 aromatic rings. The predicted octanol–water partition coefficient (Wildman–Crippen LogP) is 5.60. The first-order chi connectivity index (χ1) is 22.9. The lowest BCUT2D eigenvalue weighted by Gasteiger charge is -2.49. The molecule has 2 aromatic carbocycles. The van der Waals surface area contributed by atoms with Crippen LogP contribution in [-0.2, 0) is 26.2 Å². The summed E-state index contributed by atoms with van der Waals surface area (Å²) in [6, 6.07) is 12.2. The smallest absolute Gasteiger partial charge is 0.257 e. The molecule has 3 fully saturated rings. The molecule has 2 aromatic heterocycles. The van der Waals surface area contributed by atoms with Crippen molar-refractivity contribution in [3.05, 3.63) is 70.3 Å². The lowest BCUT2D eigenvalue weighted by Crippen LogP contribution is -2.49. The summed E-state index contributed by atoms with van der Waals surface area (Å²) < 4.78 is 8.24. The fourth-order valence-corrected chi connectivity index (χ4v) is 10.1. The molecule has 0 bridgehead atoms. The van der Waals surface area contributed by atoms with Crippen LogP contribution in [0.15, 0.2) is 54.1 Å². The molecule has 0 spiro atoms. The molecule has 4 aliphatic rings. The summed E-state index contributed by atoms with van der Waals surface area (Å²) in [5.41, 5.74) is 1.16. The van der Waals surface area contributed by atoms with Crippen LogP contribution in [0.4, 0.5) is 5.82 Å². The first kappa shape index (κ1) is 30.8. The summed E-state index contributed by atoms with van der Waals surface area (Å²) in [4.78, 5) is 57.8. The van der Waals surface area contributed by atoms with Crippen LogP contribution in [0.1, 0.15) is 36.8 Å². The maximum atomic E-state index is 14.9. The van der Waals surface area contributed by atoms with Gasteiger partial charge in [0.1, 0.15) is 23.0 Å². The molecule has 1 saturated carbocycles. The van der Waals surface area contributed by atoms with E-state index in [2.05, 4.69) is 0 Å². The zero-order valence-electron chi connectivity index (χ0n) is 26.4. The van der Waals surface area contributed by atoms with Gasteiger partial charge in [-0.05, 0) is 73.9 Å². The molecule has 2 aliphatic carbocycles. The van der Waals surface area contributed by atoms with E-state index in [-0.39, 0.29) is 29.5 Å². The average Bonchev–Trinajstić information content (AvgIpc) is 3.72. The maximum absolute atomic E-state index is 14.9. The second-order valence-corrected chi connectivity index (χ2v) is 14.7. The highest BCUT2D eigenvalue weighted by atomic mass is 35.5. The molecule has 11 nitrogen and oxygen atoms in total. The Bertz CT molecular complexity index is 2150. The third-order valence-electron chi connectivity index (χ3n) is 11.0. The van der Waals surface area contributed by atoms with Crippen LogP contribution >= 0.6 is 22.9 Å². The van der Waals surface area contributed by atoms with Crippen molar-refractivity contribution in [2.24, 2.45) is 36.1 Å². The normalized spacial score (nSPS) is 28.2. The van der Waals surface area contributed by atoms with E-state index < -0.39 is 58.6 Å². The molecule has 13 heteroatoms. The summed E-state index contributed by atoms with van der Waals surface area (Å²) in [6.07, 6.45) is 2.11. The highest BCUT2D eigenvalue weighted by Crippen LogP contribution is 2.65. The van der Waals surface area contributed by atoms with Gasteiger partial charge in [-0.25, -0.2) is 4.90 Å². The number of phenolic OH excluding ortho intramolecular Hbond substituents is 1. The molecular formula is C35H31ClN4O7S. The van der Waals surface area contributed by atoms with Crippen LogP contribution in [-0.4, -0.2) is 55.9 Å². The predicted molar refractivity (Wildman–Crippen MR) is 177 cm³/mol. The number of aryl methyl sites for hydroxylation is 2. The molecule has 2 aliphatic heterocycles. The maximum Gasteiger partial charge on any atom is 0.257 e. The summed E-state index contributed by atoms with van der Waals surface area (Å²) in [6.45, 7) is 3.71. The van der Waals surface area contributed by atoms with E-state index >= 15 is 0 Å². The van der Waals surface area contributed by atoms with Gasteiger partial charge in [-0.3, -0.25) is 29.1 Å². The van der Waals surface area contributed by atoms with Gasteiger partial charge in [0.15, 0.2) is 0 Å². The van der Waals surface area contributed by atoms with Gasteiger partial charge in [0.25, 0.3) is 11.8 Å². The molecule has 2 N–H and O–H groups in total. The molecule has 6 unspecified atom stereocenters. The molecule has 8 rings (SSSR count). The SMILES string of the molecule is COc1cccc(O)c1C1C2=CCC3C(=O)N(O)C(=O)C3C2CC2C(=O)N(c3cc(-c4sc5ccc(Cl)cc5c4C)nn3C)C(=O)C21C. The Hall–Kier alpha value is -4.52. The molecule has 2 saturated heterocycles. The quantitative estimate of drug-likeness (QED) is 0.161. The largest absolute Gasteiger partial charge is 0.508 e. The number of thiophene rings is 1. The van der Waals surface area contributed by atoms with E-state index in [0.29, 0.717) is 27.6 Å². The summed E-state index contributed by atoms with van der Waals surface area (Å²) in [5.74, 6) is -5.99. The Kier molecular flexibility index (Phi) is 6.73. The highest BCUT2D eigenvalue weighted by Gasteiger charge is 2.68. The number of fused-ring (bicyclic) bond motifs is 5. The summed E-state index contributed by atoms with van der Waals surface area (Å²) >= 11 is 7.82. The van der Waals surface area contributed by atoms with E-state index in [1.807, 2.05) is 31.2 Å². The number of hydroxylamine groups is 2. The van der Waals surface area contributed by atoms with Crippen molar-refractivity contribution in [1.29, 1.82) is 0 Å². The standard InChI is InChI=1S/C35H31ClN4O7S/c1-15-19-12-16(36)8-11-25(19)48-30(15)22-14-26(38(3)37-22)39-32(43)21-13-20-17(9-10-18-27(20)33(44)40(46)31(18)42)29(35(21,2)34(39)45)28-23(41)6-5-7-24(28)47-4/h5-9,11-12,14,18,20-21,27,29,41,46H,10,13H2,1-4H3. The molecular weight excluding hydrogens is 656 g/mol. The van der Waals surface area contributed by atoms with E-state index in [4.69, 9.17) is 21.4 Å². The number of aromatic hydroxyl groups is 1. The number of ether oxygens (including phenoxy) is 1. The van der Waals surface area contributed by atoms with Crippen molar-refractivity contribution in [1.82, 2.24) is 14.8 Å². The van der Waals surface area contributed by atoms with Gasteiger partial charge in [-0.15, -0.1) is 11.3 Å². The van der Waals surface area contributed by atoms with E-state index in [0.717, 1.165) is 20.5 Å². The number of aromatic nitrogens is 2. The minimum Gasteiger partial charge on any atom is -0.508 e. The fraction of sp³-hybridized carbons (Fsp3) is 0.343. The number of imide groups is 2. The van der Waals surface area contributed by atoms with Crippen LogP contribution in [0.25, 0.3) is 20.7 Å². The lowest BCUT2D eigenvalue weighted by molar-refractivity contribution is -0.173. The number of carbonyl (C=O) groups excluding carboxylic acids is 4. The number of allylic oxidation sites excluding steroid dienone is 2. The highest BCUT2D eigenvalue weighted by molar-refractivity contribution is 7.22. The molecule has 4 heterocycles. The first-order valence-electron chi connectivity index (χ1n) is 15.6. The minimum absolute atomic E-state index is 0.102. The number of nitrogens with zero attached hydrogens (tertiary/aromatic N) is 4. The van der Waals surface area contributed by atoms with Crippen LogP contribution in [0, 0.1) is 36.0 Å². The molecule has 246 valence electrons. The van der Waals surface area contributed by atoms with Crippen molar-refractivity contribution < 1.29 is 34.2 Å². The van der Waals surface area contributed by atoms with Crippen molar-refractivity contribution in [2.75, 3.05) is 12.0 Å². The van der Waals surface area contributed by atoms with Crippen molar-refractivity contribution in [3.8, 4) is 22.1 Å². The van der Waals surface area contributed by atoms with E-state index in [1.54, 1.807) is 43.5 Å². The number of amides is 4. The zero-order valence-corrected chi connectivity index (χ0v) is 28.0. The summed E-state index contributed by atoms with van der Waals surface area (Å²) in [7, 11) is 3.14. The minimum atomic E-state index is -1.41. The summed E-state index contributed by atoms with van der Waals surface area (Å²) in [5, 5.41) is 28.2. The molecule has 4 amide bonds. The van der Waals surface area contributed by atoms with Crippen molar-refractivity contribution >= 4 is 62.5 Å². The van der Waals surface area contributed by atoms with E-state index in [1.165, 1.54) is 22.8 Å². The number of hydrogen-bond acceptors (Lipinski definition) is 9. The number of hydrogen-bond donors (Lipinski definition) is 2. The van der Waals surface area contributed by atoms with Gasteiger partial charge in [-0.2, -0.15) is 10.2 Å². The van der Waals surface area contributed by atoms with Crippen molar-refractivity contribution in [3.63, 3.8) is 0 Å². The Balaban J connectivity index is 1.28. The number of benzene rings is 2. The fourth-order valence-electron chi connectivity index (χ4n) is 8.74. The monoisotopic (exact) mass is 686 g/mol. The lowest BCUT2D eigenvalue weighted by atomic mass is 9.51. The van der Waals surface area contributed by atoms with Gasteiger partial charge >= 0.3 is 0 Å². The molecule has 0 radical (unpaired) electrons. The Morgan fingerprint density at radius 2 is 1.83 bits per heavy atom. The zero-order chi connectivity index (χ0) is 34.0. The van der Waals surface area contributed by atoms with Crippen molar-refractivity contribution in [2.45, 2.75) is 32.6 Å². The number of carbonyl (C=O) groups is 4. The van der Waals surface area contributed by atoms with Crippen LogP contribution in [0.2, 0.25) is 5.02 Å². The number of halogens is 1. The Labute approximate surface area is 283 Å². The average molecular weight is 687 g/mol.